The van der Waals surface area contributed by atoms with Gasteiger partial charge in [-0.3, -0.25) is 4.79 Å². The van der Waals surface area contributed by atoms with Gasteiger partial charge in [-0.05, 0) is 17.7 Å². The fraction of sp³-hybridized carbons (Fsp3) is 0.400. The minimum atomic E-state index is -0.137. The predicted molar refractivity (Wildman–Crippen MR) is 51.6 cm³/mol. The van der Waals surface area contributed by atoms with Crippen LogP contribution in [0.4, 0.5) is 5.82 Å². The van der Waals surface area contributed by atoms with Crippen molar-refractivity contribution in [3.05, 3.63) is 23.9 Å². The lowest BCUT2D eigenvalue weighted by atomic mass is 10.0. The number of carbonyl (C=O) groups excluding carboxylic acids is 1. The van der Waals surface area contributed by atoms with Crippen LogP contribution in [-0.4, -0.2) is 17.4 Å². The van der Waals surface area contributed by atoms with Crippen molar-refractivity contribution in [3.8, 4) is 0 Å². The molecule has 1 aliphatic rings. The molecule has 1 fully saturated rings. The summed E-state index contributed by atoms with van der Waals surface area (Å²) in [6.07, 6.45) is 2.47. The fourth-order valence-corrected chi connectivity index (χ4v) is 1.56. The molecule has 1 aromatic rings. The number of hydrogen-bond acceptors (Lipinski definition) is 4. The molecule has 2 N–H and O–H groups in total. The zero-order chi connectivity index (χ0) is 9.97. The molecule has 1 unspecified atom stereocenters. The molecule has 4 nitrogen and oxygen atoms in total. The smallest absolute Gasteiger partial charge is 0.138 e. The first kappa shape index (κ1) is 9.15. The number of Topliss-reactive ketones (excluding diaryl/α,β-unsaturated/α-hetero) is 1. The number of ketones is 1. The molecule has 74 valence electrons. The number of aromatic nitrogens is 1. The van der Waals surface area contributed by atoms with Crippen LogP contribution in [0.25, 0.3) is 0 Å². The second-order valence-electron chi connectivity index (χ2n) is 3.37. The van der Waals surface area contributed by atoms with Gasteiger partial charge >= 0.3 is 0 Å². The molecule has 4 heteroatoms. The summed E-state index contributed by atoms with van der Waals surface area (Å²) in [5.74, 6) is 0.709. The van der Waals surface area contributed by atoms with Crippen molar-refractivity contribution >= 4 is 11.6 Å². The van der Waals surface area contributed by atoms with Gasteiger partial charge < -0.3 is 10.5 Å². The standard InChI is InChI=1S/C10H12N2O2/c11-10-5-7(1-3-12-10)9-6-8(13)2-4-14-9/h1,3,5,9H,2,4,6H2,(H2,11,12). The molecule has 0 amide bonds. The highest BCUT2D eigenvalue weighted by molar-refractivity contribution is 5.79. The quantitative estimate of drug-likeness (QED) is 0.723. The van der Waals surface area contributed by atoms with E-state index in [0.29, 0.717) is 25.3 Å². The number of carbonyl (C=O) groups is 1. The van der Waals surface area contributed by atoms with Crippen LogP contribution in [0.15, 0.2) is 18.3 Å². The van der Waals surface area contributed by atoms with Crippen LogP contribution in [0.2, 0.25) is 0 Å². The van der Waals surface area contributed by atoms with Crippen LogP contribution in [0.5, 0.6) is 0 Å². The van der Waals surface area contributed by atoms with Crippen LogP contribution >= 0.6 is 0 Å². The van der Waals surface area contributed by atoms with E-state index in [4.69, 9.17) is 10.5 Å². The van der Waals surface area contributed by atoms with Crippen molar-refractivity contribution < 1.29 is 9.53 Å². The van der Waals surface area contributed by atoms with E-state index in [-0.39, 0.29) is 11.9 Å². The first-order valence-electron chi connectivity index (χ1n) is 4.60. The molecule has 1 aromatic heterocycles. The van der Waals surface area contributed by atoms with E-state index in [1.54, 1.807) is 12.3 Å². The zero-order valence-corrected chi connectivity index (χ0v) is 7.77. The predicted octanol–water partition coefficient (Wildman–Crippen LogP) is 1.08. The Bertz CT molecular complexity index is 352. The molecular formula is C10H12N2O2. The van der Waals surface area contributed by atoms with Gasteiger partial charge in [0.05, 0.1) is 12.7 Å². The number of hydrogen-bond donors (Lipinski definition) is 1. The van der Waals surface area contributed by atoms with Crippen LogP contribution < -0.4 is 5.73 Å². The molecule has 2 rings (SSSR count). The van der Waals surface area contributed by atoms with Gasteiger partial charge in [0.25, 0.3) is 0 Å². The Morgan fingerprint density at radius 3 is 3.14 bits per heavy atom. The first-order valence-corrected chi connectivity index (χ1v) is 4.60. The van der Waals surface area contributed by atoms with E-state index >= 15 is 0 Å². The Morgan fingerprint density at radius 1 is 1.57 bits per heavy atom. The maximum Gasteiger partial charge on any atom is 0.138 e. The summed E-state index contributed by atoms with van der Waals surface area (Å²) in [6, 6.07) is 3.59. The summed E-state index contributed by atoms with van der Waals surface area (Å²) in [5, 5.41) is 0. The SMILES string of the molecule is Nc1cc(C2CC(=O)CCO2)ccn1. The Morgan fingerprint density at radius 2 is 2.43 bits per heavy atom. The van der Waals surface area contributed by atoms with Gasteiger partial charge in [-0.1, -0.05) is 0 Å². The number of nitrogen functional groups attached to an aromatic ring is 1. The molecular weight excluding hydrogens is 180 g/mol. The van der Waals surface area contributed by atoms with E-state index in [2.05, 4.69) is 4.98 Å². The second-order valence-corrected chi connectivity index (χ2v) is 3.37. The van der Waals surface area contributed by atoms with Gasteiger partial charge in [-0.2, -0.15) is 0 Å². The Labute approximate surface area is 82.1 Å². The van der Waals surface area contributed by atoms with Crippen LogP contribution in [-0.2, 0) is 9.53 Å². The maximum atomic E-state index is 11.2. The van der Waals surface area contributed by atoms with Crippen LogP contribution in [0, 0.1) is 0 Å². The van der Waals surface area contributed by atoms with Crippen LogP contribution in [0.1, 0.15) is 24.5 Å². The lowest BCUT2D eigenvalue weighted by Gasteiger charge is -2.21. The van der Waals surface area contributed by atoms with E-state index in [1.807, 2.05) is 6.07 Å². The van der Waals surface area contributed by atoms with Crippen LogP contribution in [0.3, 0.4) is 0 Å². The maximum absolute atomic E-state index is 11.2. The Hall–Kier alpha value is -1.42. The topological polar surface area (TPSA) is 65.2 Å². The molecule has 0 bridgehead atoms. The molecule has 1 atom stereocenters. The number of anilines is 1. The number of nitrogens with two attached hydrogens (primary N) is 1. The summed E-state index contributed by atoms with van der Waals surface area (Å²) in [5.41, 5.74) is 6.48. The van der Waals surface area contributed by atoms with Crippen molar-refractivity contribution in [2.45, 2.75) is 18.9 Å². The highest BCUT2D eigenvalue weighted by Crippen LogP contribution is 2.26. The number of ether oxygens (including phenoxy) is 1. The van der Waals surface area contributed by atoms with Gasteiger partial charge in [0.2, 0.25) is 0 Å². The molecule has 0 radical (unpaired) electrons. The minimum Gasteiger partial charge on any atom is -0.384 e. The fourth-order valence-electron chi connectivity index (χ4n) is 1.56. The van der Waals surface area contributed by atoms with Gasteiger partial charge in [0.15, 0.2) is 0 Å². The van der Waals surface area contributed by atoms with Crippen molar-refractivity contribution in [1.82, 2.24) is 4.98 Å². The number of nitrogens with zero attached hydrogens (tertiary/aromatic N) is 1. The highest BCUT2D eigenvalue weighted by atomic mass is 16.5. The third-order valence-corrected chi connectivity index (χ3v) is 2.29. The molecule has 0 spiro atoms. The highest BCUT2D eigenvalue weighted by Gasteiger charge is 2.21. The largest absolute Gasteiger partial charge is 0.384 e. The Kier molecular flexibility index (Phi) is 2.45. The monoisotopic (exact) mass is 192 g/mol. The summed E-state index contributed by atoms with van der Waals surface area (Å²) >= 11 is 0. The zero-order valence-electron chi connectivity index (χ0n) is 7.77. The lowest BCUT2D eigenvalue weighted by molar-refractivity contribution is -0.128. The van der Waals surface area contributed by atoms with Gasteiger partial charge in [0.1, 0.15) is 11.6 Å². The van der Waals surface area contributed by atoms with Crippen molar-refractivity contribution in [3.63, 3.8) is 0 Å². The molecule has 0 aliphatic carbocycles. The first-order chi connectivity index (χ1) is 6.75. The Balaban J connectivity index is 2.17. The van der Waals surface area contributed by atoms with Crippen molar-refractivity contribution in [1.29, 1.82) is 0 Å². The molecule has 0 aromatic carbocycles. The average Bonchev–Trinajstić information content (AvgIpc) is 2.18. The van der Waals surface area contributed by atoms with Gasteiger partial charge in [-0.15, -0.1) is 0 Å². The normalized spacial score (nSPS) is 22.3. The molecule has 2 heterocycles. The van der Waals surface area contributed by atoms with Gasteiger partial charge in [-0.25, -0.2) is 4.98 Å². The molecule has 0 saturated carbocycles. The summed E-state index contributed by atoms with van der Waals surface area (Å²) in [7, 11) is 0. The summed E-state index contributed by atoms with van der Waals surface area (Å²) < 4.78 is 5.49. The minimum absolute atomic E-state index is 0.137. The summed E-state index contributed by atoms with van der Waals surface area (Å²) in [6.45, 7) is 0.506. The number of rotatable bonds is 1. The molecule has 14 heavy (non-hydrogen) atoms. The lowest BCUT2D eigenvalue weighted by Crippen LogP contribution is -2.19. The summed E-state index contributed by atoms with van der Waals surface area (Å²) in [4.78, 5) is 15.1. The van der Waals surface area contributed by atoms with Gasteiger partial charge in [0, 0.05) is 19.0 Å². The van der Waals surface area contributed by atoms with E-state index in [1.165, 1.54) is 0 Å². The van der Waals surface area contributed by atoms with Crippen molar-refractivity contribution in [2.24, 2.45) is 0 Å². The van der Waals surface area contributed by atoms with E-state index < -0.39 is 0 Å². The third-order valence-electron chi connectivity index (χ3n) is 2.29. The van der Waals surface area contributed by atoms with E-state index in [9.17, 15) is 4.79 Å². The molecule has 1 saturated heterocycles. The third kappa shape index (κ3) is 1.90. The second kappa shape index (κ2) is 3.75. The molecule has 1 aliphatic heterocycles. The van der Waals surface area contributed by atoms with Crippen molar-refractivity contribution in [2.75, 3.05) is 12.3 Å². The number of pyridine rings is 1. The van der Waals surface area contributed by atoms with E-state index in [0.717, 1.165) is 5.56 Å². The average molecular weight is 192 g/mol.